The standard InChI is InChI=1S/C13H20N2S/c1-3-12(16-8-1)9-15-7-2-6-14-13(10-15)11-4-5-11/h1,3,8,11,13-14H,2,4-7,9-10H2. The summed E-state index contributed by atoms with van der Waals surface area (Å²) in [7, 11) is 0. The molecule has 1 saturated carbocycles. The lowest BCUT2D eigenvalue weighted by Gasteiger charge is -2.23. The molecule has 0 bridgehead atoms. The van der Waals surface area contributed by atoms with Crippen LogP contribution in [0, 0.1) is 5.92 Å². The molecule has 1 unspecified atom stereocenters. The molecule has 1 saturated heterocycles. The van der Waals surface area contributed by atoms with E-state index in [-0.39, 0.29) is 0 Å². The Morgan fingerprint density at radius 1 is 1.44 bits per heavy atom. The van der Waals surface area contributed by atoms with E-state index < -0.39 is 0 Å². The van der Waals surface area contributed by atoms with Gasteiger partial charge in [0, 0.05) is 24.0 Å². The van der Waals surface area contributed by atoms with E-state index in [4.69, 9.17) is 0 Å². The second-order valence-corrected chi connectivity index (χ2v) is 6.10. The molecule has 1 N–H and O–H groups in total. The molecule has 16 heavy (non-hydrogen) atoms. The zero-order valence-electron chi connectivity index (χ0n) is 9.69. The summed E-state index contributed by atoms with van der Waals surface area (Å²) in [5, 5.41) is 5.90. The molecule has 1 aromatic heterocycles. The molecule has 0 radical (unpaired) electrons. The first-order valence-corrected chi connectivity index (χ1v) is 7.28. The molecule has 88 valence electrons. The first-order valence-electron chi connectivity index (χ1n) is 6.40. The van der Waals surface area contributed by atoms with Crippen molar-refractivity contribution >= 4 is 11.3 Å². The molecule has 1 atom stereocenters. The Morgan fingerprint density at radius 2 is 2.38 bits per heavy atom. The van der Waals surface area contributed by atoms with E-state index in [1.807, 2.05) is 11.3 Å². The van der Waals surface area contributed by atoms with Crippen LogP contribution in [0.15, 0.2) is 17.5 Å². The van der Waals surface area contributed by atoms with Gasteiger partial charge in [0.1, 0.15) is 0 Å². The van der Waals surface area contributed by atoms with Crippen LogP contribution in [-0.4, -0.2) is 30.6 Å². The fourth-order valence-corrected chi connectivity index (χ4v) is 3.35. The van der Waals surface area contributed by atoms with Crippen LogP contribution >= 0.6 is 11.3 Å². The van der Waals surface area contributed by atoms with Crippen molar-refractivity contribution in [2.45, 2.75) is 31.8 Å². The summed E-state index contributed by atoms with van der Waals surface area (Å²) in [4.78, 5) is 4.14. The molecule has 1 aromatic rings. The normalized spacial score (nSPS) is 27.9. The molecule has 2 aliphatic rings. The highest BCUT2D eigenvalue weighted by Gasteiger charge is 2.32. The predicted octanol–water partition coefficient (Wildman–Crippen LogP) is 2.32. The van der Waals surface area contributed by atoms with Gasteiger partial charge in [-0.25, -0.2) is 0 Å². The van der Waals surface area contributed by atoms with Gasteiger partial charge in [0.2, 0.25) is 0 Å². The molecular formula is C13H20N2S. The molecule has 3 rings (SSSR count). The maximum absolute atomic E-state index is 3.71. The summed E-state index contributed by atoms with van der Waals surface area (Å²) >= 11 is 1.89. The van der Waals surface area contributed by atoms with Gasteiger partial charge < -0.3 is 5.32 Å². The van der Waals surface area contributed by atoms with Crippen LogP contribution in [0.5, 0.6) is 0 Å². The molecular weight excluding hydrogens is 216 g/mol. The Hall–Kier alpha value is -0.380. The number of hydrogen-bond donors (Lipinski definition) is 1. The highest BCUT2D eigenvalue weighted by molar-refractivity contribution is 7.09. The maximum atomic E-state index is 3.71. The SMILES string of the molecule is c1csc(CN2CCCNC(C3CC3)C2)c1. The minimum atomic E-state index is 0.766. The van der Waals surface area contributed by atoms with Crippen LogP contribution in [0.25, 0.3) is 0 Å². The molecule has 0 amide bonds. The lowest BCUT2D eigenvalue weighted by molar-refractivity contribution is 0.253. The van der Waals surface area contributed by atoms with E-state index in [9.17, 15) is 0 Å². The van der Waals surface area contributed by atoms with Crippen LogP contribution in [-0.2, 0) is 6.54 Å². The van der Waals surface area contributed by atoms with E-state index in [0.29, 0.717) is 0 Å². The predicted molar refractivity (Wildman–Crippen MR) is 68.7 cm³/mol. The van der Waals surface area contributed by atoms with Crippen molar-refractivity contribution in [1.29, 1.82) is 0 Å². The Labute approximate surface area is 102 Å². The third-order valence-corrected chi connectivity index (χ3v) is 4.52. The topological polar surface area (TPSA) is 15.3 Å². The average Bonchev–Trinajstić information content (AvgIpc) is 3.03. The summed E-state index contributed by atoms with van der Waals surface area (Å²) in [5.74, 6) is 0.976. The van der Waals surface area contributed by atoms with Crippen molar-refractivity contribution in [1.82, 2.24) is 10.2 Å². The van der Waals surface area contributed by atoms with Crippen molar-refractivity contribution in [2.24, 2.45) is 5.92 Å². The van der Waals surface area contributed by atoms with E-state index in [0.717, 1.165) is 18.5 Å². The highest BCUT2D eigenvalue weighted by atomic mass is 32.1. The number of hydrogen-bond acceptors (Lipinski definition) is 3. The lowest BCUT2D eigenvalue weighted by Crippen LogP contribution is -2.38. The van der Waals surface area contributed by atoms with Gasteiger partial charge >= 0.3 is 0 Å². The quantitative estimate of drug-likeness (QED) is 0.866. The number of rotatable bonds is 3. The molecule has 1 aliphatic heterocycles. The van der Waals surface area contributed by atoms with Crippen LogP contribution in [0.4, 0.5) is 0 Å². The van der Waals surface area contributed by atoms with Crippen molar-refractivity contribution in [3.63, 3.8) is 0 Å². The Balaban J connectivity index is 1.60. The first kappa shape index (κ1) is 10.8. The Kier molecular flexibility index (Phi) is 3.27. The van der Waals surface area contributed by atoms with Crippen LogP contribution in [0.2, 0.25) is 0 Å². The largest absolute Gasteiger partial charge is 0.312 e. The minimum Gasteiger partial charge on any atom is -0.312 e. The zero-order chi connectivity index (χ0) is 10.8. The van der Waals surface area contributed by atoms with Gasteiger partial charge in [0.25, 0.3) is 0 Å². The minimum absolute atomic E-state index is 0.766. The van der Waals surface area contributed by atoms with Crippen molar-refractivity contribution in [2.75, 3.05) is 19.6 Å². The Bertz CT molecular complexity index is 319. The summed E-state index contributed by atoms with van der Waals surface area (Å²) < 4.78 is 0. The highest BCUT2D eigenvalue weighted by Crippen LogP contribution is 2.33. The molecule has 2 fully saturated rings. The van der Waals surface area contributed by atoms with Crippen LogP contribution in [0.1, 0.15) is 24.1 Å². The fraction of sp³-hybridized carbons (Fsp3) is 0.692. The van der Waals surface area contributed by atoms with Gasteiger partial charge in [-0.05, 0) is 49.7 Å². The van der Waals surface area contributed by atoms with E-state index >= 15 is 0 Å². The number of thiophene rings is 1. The molecule has 0 aromatic carbocycles. The van der Waals surface area contributed by atoms with Gasteiger partial charge in [-0.15, -0.1) is 11.3 Å². The van der Waals surface area contributed by atoms with Gasteiger partial charge in [-0.1, -0.05) is 6.07 Å². The zero-order valence-corrected chi connectivity index (χ0v) is 10.5. The second kappa shape index (κ2) is 4.86. The number of nitrogens with zero attached hydrogens (tertiary/aromatic N) is 1. The summed E-state index contributed by atoms with van der Waals surface area (Å²) in [6.07, 6.45) is 4.20. The van der Waals surface area contributed by atoms with Gasteiger partial charge in [0.15, 0.2) is 0 Å². The second-order valence-electron chi connectivity index (χ2n) is 5.07. The van der Waals surface area contributed by atoms with Gasteiger partial charge in [-0.3, -0.25) is 4.90 Å². The third-order valence-electron chi connectivity index (χ3n) is 3.66. The van der Waals surface area contributed by atoms with Gasteiger partial charge in [0.05, 0.1) is 0 Å². The van der Waals surface area contributed by atoms with Crippen molar-refractivity contribution in [3.8, 4) is 0 Å². The molecule has 0 spiro atoms. The third kappa shape index (κ3) is 2.65. The van der Waals surface area contributed by atoms with Gasteiger partial charge in [-0.2, -0.15) is 0 Å². The smallest absolute Gasteiger partial charge is 0.0328 e. The fourth-order valence-electron chi connectivity index (χ4n) is 2.60. The Morgan fingerprint density at radius 3 is 3.12 bits per heavy atom. The molecule has 2 heterocycles. The summed E-state index contributed by atoms with van der Waals surface area (Å²) in [5.41, 5.74) is 0. The summed E-state index contributed by atoms with van der Waals surface area (Å²) in [6.45, 7) is 4.88. The monoisotopic (exact) mass is 236 g/mol. The van der Waals surface area contributed by atoms with E-state index in [2.05, 4.69) is 27.7 Å². The average molecular weight is 236 g/mol. The van der Waals surface area contributed by atoms with E-state index in [1.54, 1.807) is 0 Å². The summed E-state index contributed by atoms with van der Waals surface area (Å²) in [6, 6.07) is 5.19. The first-order chi connectivity index (χ1) is 7.92. The van der Waals surface area contributed by atoms with Crippen LogP contribution < -0.4 is 5.32 Å². The lowest BCUT2D eigenvalue weighted by atomic mass is 10.2. The molecule has 3 heteroatoms. The van der Waals surface area contributed by atoms with E-state index in [1.165, 1.54) is 43.8 Å². The van der Waals surface area contributed by atoms with Crippen molar-refractivity contribution < 1.29 is 0 Å². The number of nitrogens with one attached hydrogen (secondary N) is 1. The van der Waals surface area contributed by atoms with Crippen LogP contribution in [0.3, 0.4) is 0 Å². The maximum Gasteiger partial charge on any atom is 0.0328 e. The molecule has 1 aliphatic carbocycles. The van der Waals surface area contributed by atoms with Crippen molar-refractivity contribution in [3.05, 3.63) is 22.4 Å². The molecule has 2 nitrogen and oxygen atoms in total.